The van der Waals surface area contributed by atoms with E-state index in [4.69, 9.17) is 4.74 Å². The van der Waals surface area contributed by atoms with Crippen LogP contribution in [0.2, 0.25) is 0 Å². The van der Waals surface area contributed by atoms with E-state index in [1.807, 2.05) is 12.1 Å². The molecule has 0 bridgehead atoms. The van der Waals surface area contributed by atoms with Crippen LogP contribution in [-0.2, 0) is 0 Å². The summed E-state index contributed by atoms with van der Waals surface area (Å²) >= 11 is 0. The molecule has 6 heteroatoms. The number of rotatable bonds is 5. The van der Waals surface area contributed by atoms with Crippen LogP contribution in [0.25, 0.3) is 5.57 Å². The van der Waals surface area contributed by atoms with E-state index in [1.54, 1.807) is 0 Å². The minimum absolute atomic E-state index is 0.216. The second-order valence-corrected chi connectivity index (χ2v) is 7.15. The SMILES string of the molecule is O=C1NC(CCCN2CC=C(c3ccc(F)cc3)CC2)Oc2ccc(F)cc21. The maximum atomic E-state index is 13.3. The Labute approximate surface area is 162 Å². The van der Waals surface area contributed by atoms with Gasteiger partial charge >= 0.3 is 0 Å². The van der Waals surface area contributed by atoms with Crippen molar-refractivity contribution in [1.82, 2.24) is 10.2 Å². The van der Waals surface area contributed by atoms with Crippen LogP contribution < -0.4 is 10.1 Å². The standard InChI is InChI=1S/C22H22F2N2O2/c23-17-5-3-15(4-6-17)16-9-12-26(13-10-16)11-1-2-21-25-22(27)19-14-18(24)7-8-20(19)28-21/h3-9,14,21H,1-2,10-13H2,(H,25,27). The van der Waals surface area contributed by atoms with Crippen LogP contribution in [0.4, 0.5) is 8.78 Å². The average Bonchev–Trinajstić information content (AvgIpc) is 2.70. The third kappa shape index (κ3) is 4.22. The molecule has 0 spiro atoms. The first kappa shape index (κ1) is 18.6. The lowest BCUT2D eigenvalue weighted by molar-refractivity contribution is 0.0727. The van der Waals surface area contributed by atoms with Crippen molar-refractivity contribution in [2.75, 3.05) is 19.6 Å². The summed E-state index contributed by atoms with van der Waals surface area (Å²) in [4.78, 5) is 14.5. The average molecular weight is 384 g/mol. The molecule has 2 aromatic carbocycles. The highest BCUT2D eigenvalue weighted by atomic mass is 19.1. The fraction of sp³-hybridized carbons (Fsp3) is 0.318. The topological polar surface area (TPSA) is 41.6 Å². The molecule has 0 radical (unpaired) electrons. The molecule has 1 atom stereocenters. The second kappa shape index (κ2) is 8.10. The van der Waals surface area contributed by atoms with E-state index in [-0.39, 0.29) is 23.5 Å². The first-order valence-corrected chi connectivity index (χ1v) is 9.53. The number of halogens is 2. The Kier molecular flexibility index (Phi) is 5.39. The number of amides is 1. The van der Waals surface area contributed by atoms with Crippen molar-refractivity contribution in [3.05, 3.63) is 71.3 Å². The van der Waals surface area contributed by atoms with E-state index in [0.717, 1.165) is 38.0 Å². The van der Waals surface area contributed by atoms with E-state index in [1.165, 1.54) is 35.9 Å². The van der Waals surface area contributed by atoms with Crippen LogP contribution in [0.15, 0.2) is 48.5 Å². The van der Waals surface area contributed by atoms with E-state index in [0.29, 0.717) is 12.2 Å². The maximum absolute atomic E-state index is 13.3. The fourth-order valence-corrected chi connectivity index (χ4v) is 3.66. The molecule has 2 aliphatic heterocycles. The number of carbonyl (C=O) groups excluding carboxylic acids is 1. The van der Waals surface area contributed by atoms with Crippen molar-refractivity contribution >= 4 is 11.5 Å². The smallest absolute Gasteiger partial charge is 0.257 e. The van der Waals surface area contributed by atoms with E-state index >= 15 is 0 Å². The summed E-state index contributed by atoms with van der Waals surface area (Å²) in [5, 5.41) is 2.78. The van der Waals surface area contributed by atoms with E-state index in [9.17, 15) is 13.6 Å². The highest BCUT2D eigenvalue weighted by molar-refractivity contribution is 5.97. The normalized spacial score (nSPS) is 19.4. The largest absolute Gasteiger partial charge is 0.470 e. The number of benzene rings is 2. The van der Waals surface area contributed by atoms with Crippen molar-refractivity contribution in [2.45, 2.75) is 25.5 Å². The minimum atomic E-state index is -0.450. The van der Waals surface area contributed by atoms with Gasteiger partial charge in [0.15, 0.2) is 6.23 Å². The molecule has 1 unspecified atom stereocenters. The molecular formula is C22H22F2N2O2. The Hall–Kier alpha value is -2.73. The molecule has 0 saturated heterocycles. The zero-order chi connectivity index (χ0) is 19.5. The van der Waals surface area contributed by atoms with Crippen LogP contribution in [-0.4, -0.2) is 36.7 Å². The summed E-state index contributed by atoms with van der Waals surface area (Å²) in [7, 11) is 0. The van der Waals surface area contributed by atoms with Gasteiger partial charge in [0.05, 0.1) is 5.56 Å². The van der Waals surface area contributed by atoms with Crippen LogP contribution in [0.5, 0.6) is 5.75 Å². The Bertz CT molecular complexity index is 896. The Balaban J connectivity index is 1.26. The molecule has 0 aromatic heterocycles. The summed E-state index contributed by atoms with van der Waals surface area (Å²) in [5.41, 5.74) is 2.57. The summed E-state index contributed by atoms with van der Waals surface area (Å²) in [6.07, 6.45) is 4.30. The molecule has 0 aliphatic carbocycles. The van der Waals surface area contributed by atoms with Crippen molar-refractivity contribution in [1.29, 1.82) is 0 Å². The zero-order valence-corrected chi connectivity index (χ0v) is 15.5. The molecule has 0 fully saturated rings. The molecule has 4 rings (SSSR count). The summed E-state index contributed by atoms with van der Waals surface area (Å²) in [6.45, 7) is 2.70. The number of fused-ring (bicyclic) bond motifs is 1. The number of nitrogens with one attached hydrogen (secondary N) is 1. The molecule has 1 N–H and O–H groups in total. The van der Waals surface area contributed by atoms with E-state index in [2.05, 4.69) is 16.3 Å². The molecule has 2 aromatic rings. The lowest BCUT2D eigenvalue weighted by Gasteiger charge is -2.29. The number of hydrogen-bond acceptors (Lipinski definition) is 3. The number of carbonyl (C=O) groups is 1. The summed E-state index contributed by atoms with van der Waals surface area (Å²) in [5.74, 6) is -0.531. The van der Waals surface area contributed by atoms with Gasteiger partial charge in [0.2, 0.25) is 0 Å². The summed E-state index contributed by atoms with van der Waals surface area (Å²) in [6, 6.07) is 10.6. The van der Waals surface area contributed by atoms with Gasteiger partial charge in [-0.1, -0.05) is 18.2 Å². The monoisotopic (exact) mass is 384 g/mol. The van der Waals surface area contributed by atoms with Crippen molar-refractivity contribution in [3.8, 4) is 5.75 Å². The van der Waals surface area contributed by atoms with E-state index < -0.39 is 5.82 Å². The Morgan fingerprint density at radius 1 is 1.11 bits per heavy atom. The highest BCUT2D eigenvalue weighted by Gasteiger charge is 2.25. The second-order valence-electron chi connectivity index (χ2n) is 7.15. The molecule has 0 saturated carbocycles. The zero-order valence-electron chi connectivity index (χ0n) is 15.5. The third-order valence-electron chi connectivity index (χ3n) is 5.20. The minimum Gasteiger partial charge on any atom is -0.470 e. The summed E-state index contributed by atoms with van der Waals surface area (Å²) < 4.78 is 32.1. The lowest BCUT2D eigenvalue weighted by Crippen LogP contribution is -2.43. The fourth-order valence-electron chi connectivity index (χ4n) is 3.66. The van der Waals surface area contributed by atoms with Gasteiger partial charge in [-0.25, -0.2) is 8.78 Å². The van der Waals surface area contributed by atoms with Gasteiger partial charge in [-0.05, 0) is 60.9 Å². The van der Waals surface area contributed by atoms with Crippen molar-refractivity contribution < 1.29 is 18.3 Å². The Morgan fingerprint density at radius 3 is 2.64 bits per heavy atom. The first-order valence-electron chi connectivity index (χ1n) is 9.53. The maximum Gasteiger partial charge on any atom is 0.257 e. The van der Waals surface area contributed by atoms with Gasteiger partial charge in [-0.2, -0.15) is 0 Å². The van der Waals surface area contributed by atoms with Crippen LogP contribution in [0.1, 0.15) is 35.2 Å². The van der Waals surface area contributed by atoms with Gasteiger partial charge in [0.25, 0.3) is 5.91 Å². The molecular weight excluding hydrogens is 362 g/mol. The highest BCUT2D eigenvalue weighted by Crippen LogP contribution is 2.26. The molecule has 4 nitrogen and oxygen atoms in total. The van der Waals surface area contributed by atoms with Gasteiger partial charge in [-0.3, -0.25) is 9.69 Å². The van der Waals surface area contributed by atoms with Crippen LogP contribution in [0, 0.1) is 11.6 Å². The van der Waals surface area contributed by atoms with Gasteiger partial charge in [0, 0.05) is 19.5 Å². The molecule has 2 aliphatic rings. The molecule has 2 heterocycles. The van der Waals surface area contributed by atoms with Crippen LogP contribution >= 0.6 is 0 Å². The third-order valence-corrected chi connectivity index (χ3v) is 5.20. The first-order chi connectivity index (χ1) is 13.6. The predicted molar refractivity (Wildman–Crippen MR) is 103 cm³/mol. The predicted octanol–water partition coefficient (Wildman–Crippen LogP) is 3.98. The quantitative estimate of drug-likeness (QED) is 0.848. The number of ether oxygens (including phenoxy) is 1. The molecule has 1 amide bonds. The Morgan fingerprint density at radius 2 is 1.89 bits per heavy atom. The number of nitrogens with zero attached hydrogens (tertiary/aromatic N) is 1. The van der Waals surface area contributed by atoms with Gasteiger partial charge < -0.3 is 10.1 Å². The van der Waals surface area contributed by atoms with Gasteiger partial charge in [-0.15, -0.1) is 0 Å². The number of hydrogen-bond donors (Lipinski definition) is 1. The van der Waals surface area contributed by atoms with Crippen LogP contribution in [0.3, 0.4) is 0 Å². The molecule has 146 valence electrons. The lowest BCUT2D eigenvalue weighted by atomic mass is 9.99. The van der Waals surface area contributed by atoms with Crippen molar-refractivity contribution in [3.63, 3.8) is 0 Å². The van der Waals surface area contributed by atoms with Gasteiger partial charge in [0.1, 0.15) is 17.4 Å². The molecule has 28 heavy (non-hydrogen) atoms. The van der Waals surface area contributed by atoms with Crippen molar-refractivity contribution in [2.24, 2.45) is 0 Å².